The van der Waals surface area contributed by atoms with Crippen LogP contribution >= 0.6 is 0 Å². The average molecular weight is 272 g/mol. The number of hydrogen-bond donors (Lipinski definition) is 1. The number of methoxy groups -OCH3 is 2. The third-order valence-corrected chi connectivity index (χ3v) is 3.88. The third-order valence-electron chi connectivity index (χ3n) is 3.88. The molecule has 0 spiro atoms. The van der Waals surface area contributed by atoms with Gasteiger partial charge >= 0.3 is 0 Å². The number of rotatable bonds is 7. The van der Waals surface area contributed by atoms with Crippen LogP contribution in [0.2, 0.25) is 0 Å². The normalized spacial score (nSPS) is 27.3. The zero-order chi connectivity index (χ0) is 14.3. The van der Waals surface area contributed by atoms with Gasteiger partial charge in [0.05, 0.1) is 18.8 Å². The molecule has 0 saturated heterocycles. The molecular weight excluding hydrogens is 244 g/mol. The summed E-state index contributed by atoms with van der Waals surface area (Å²) in [6.45, 7) is 4.38. The molecule has 0 aromatic rings. The second-order valence-electron chi connectivity index (χ2n) is 5.64. The smallest absolute Gasteiger partial charge is 0.242 e. The van der Waals surface area contributed by atoms with Gasteiger partial charge in [0.2, 0.25) is 5.91 Å². The topological polar surface area (TPSA) is 64.8 Å². The van der Waals surface area contributed by atoms with Crippen LogP contribution in [0.4, 0.5) is 0 Å². The molecular formula is C14H28N2O3. The van der Waals surface area contributed by atoms with Crippen LogP contribution in [-0.4, -0.2) is 56.9 Å². The summed E-state index contributed by atoms with van der Waals surface area (Å²) in [6.07, 6.45) is 3.77. The van der Waals surface area contributed by atoms with Gasteiger partial charge in [-0.15, -0.1) is 0 Å². The van der Waals surface area contributed by atoms with Gasteiger partial charge in [-0.1, -0.05) is 19.8 Å². The van der Waals surface area contributed by atoms with Gasteiger partial charge in [-0.25, -0.2) is 0 Å². The molecule has 1 aliphatic carbocycles. The van der Waals surface area contributed by atoms with Gasteiger partial charge in [-0.3, -0.25) is 4.79 Å². The molecule has 1 fully saturated rings. The molecule has 19 heavy (non-hydrogen) atoms. The summed E-state index contributed by atoms with van der Waals surface area (Å²) in [5, 5.41) is 0. The van der Waals surface area contributed by atoms with E-state index < -0.39 is 5.54 Å². The Kier molecular flexibility index (Phi) is 6.75. The van der Waals surface area contributed by atoms with Crippen LogP contribution in [0.1, 0.15) is 32.6 Å². The number of amides is 1. The first-order valence-corrected chi connectivity index (χ1v) is 7.09. The number of nitrogens with two attached hydrogens (primary N) is 1. The summed E-state index contributed by atoms with van der Waals surface area (Å²) < 4.78 is 10.1. The lowest BCUT2D eigenvalue weighted by Gasteiger charge is -2.39. The largest absolute Gasteiger partial charge is 0.383 e. The number of carbonyl (C=O) groups is 1. The van der Waals surface area contributed by atoms with Crippen LogP contribution in [0.3, 0.4) is 0 Å². The lowest BCUT2D eigenvalue weighted by atomic mass is 9.76. The van der Waals surface area contributed by atoms with Crippen molar-refractivity contribution < 1.29 is 14.3 Å². The van der Waals surface area contributed by atoms with Crippen molar-refractivity contribution in [3.8, 4) is 0 Å². The van der Waals surface area contributed by atoms with Crippen molar-refractivity contribution >= 4 is 5.91 Å². The molecule has 0 radical (unpaired) electrons. The molecule has 5 nitrogen and oxygen atoms in total. The molecule has 2 unspecified atom stereocenters. The van der Waals surface area contributed by atoms with E-state index in [-0.39, 0.29) is 5.91 Å². The van der Waals surface area contributed by atoms with Crippen molar-refractivity contribution in [1.29, 1.82) is 0 Å². The van der Waals surface area contributed by atoms with Gasteiger partial charge in [0.1, 0.15) is 0 Å². The van der Waals surface area contributed by atoms with Crippen LogP contribution in [0, 0.1) is 5.92 Å². The van der Waals surface area contributed by atoms with Crippen LogP contribution in [0.25, 0.3) is 0 Å². The van der Waals surface area contributed by atoms with E-state index in [1.165, 1.54) is 6.42 Å². The van der Waals surface area contributed by atoms with E-state index >= 15 is 0 Å². The monoisotopic (exact) mass is 272 g/mol. The molecule has 1 amide bonds. The van der Waals surface area contributed by atoms with Gasteiger partial charge < -0.3 is 20.1 Å². The van der Waals surface area contributed by atoms with Crippen molar-refractivity contribution in [3.63, 3.8) is 0 Å². The van der Waals surface area contributed by atoms with Gasteiger partial charge in [0.25, 0.3) is 0 Å². The Balaban J connectivity index is 2.67. The fourth-order valence-electron chi connectivity index (χ4n) is 2.82. The molecule has 0 bridgehead atoms. The van der Waals surface area contributed by atoms with Crippen LogP contribution in [0.5, 0.6) is 0 Å². The standard InChI is InChI=1S/C14H28N2O3/c1-12-5-4-6-14(15,11-12)13(17)16(7-9-18-2)8-10-19-3/h12H,4-11,15H2,1-3H3. The van der Waals surface area contributed by atoms with Crippen molar-refractivity contribution in [1.82, 2.24) is 4.90 Å². The predicted octanol–water partition coefficient (Wildman–Crippen LogP) is 1.02. The van der Waals surface area contributed by atoms with Crippen molar-refractivity contribution in [3.05, 3.63) is 0 Å². The zero-order valence-corrected chi connectivity index (χ0v) is 12.5. The fraction of sp³-hybridized carbons (Fsp3) is 0.929. The lowest BCUT2D eigenvalue weighted by Crippen LogP contribution is -2.58. The maximum absolute atomic E-state index is 12.7. The molecule has 0 aromatic heterocycles. The molecule has 1 rings (SSSR count). The second-order valence-corrected chi connectivity index (χ2v) is 5.64. The summed E-state index contributed by atoms with van der Waals surface area (Å²) in [5.74, 6) is 0.572. The maximum Gasteiger partial charge on any atom is 0.242 e. The Morgan fingerprint density at radius 2 is 1.89 bits per heavy atom. The van der Waals surface area contributed by atoms with E-state index in [0.29, 0.717) is 32.2 Å². The first kappa shape index (κ1) is 16.4. The summed E-state index contributed by atoms with van der Waals surface area (Å²) in [5.41, 5.74) is 5.67. The van der Waals surface area contributed by atoms with E-state index in [9.17, 15) is 4.79 Å². The molecule has 2 atom stereocenters. The molecule has 0 aliphatic heterocycles. The highest BCUT2D eigenvalue weighted by Gasteiger charge is 2.40. The van der Waals surface area contributed by atoms with E-state index in [2.05, 4.69) is 6.92 Å². The van der Waals surface area contributed by atoms with Crippen LogP contribution in [0.15, 0.2) is 0 Å². The highest BCUT2D eigenvalue weighted by molar-refractivity contribution is 5.86. The quantitative estimate of drug-likeness (QED) is 0.751. The average Bonchev–Trinajstić information content (AvgIpc) is 2.38. The van der Waals surface area contributed by atoms with E-state index in [1.54, 1.807) is 19.1 Å². The zero-order valence-electron chi connectivity index (χ0n) is 12.5. The van der Waals surface area contributed by atoms with Gasteiger partial charge in [-0.2, -0.15) is 0 Å². The second kappa shape index (κ2) is 7.82. The summed E-state index contributed by atoms with van der Waals surface area (Å²) in [6, 6.07) is 0. The Labute approximate surface area is 116 Å². The fourth-order valence-corrected chi connectivity index (χ4v) is 2.82. The number of nitrogens with zero attached hydrogens (tertiary/aromatic N) is 1. The Hall–Kier alpha value is -0.650. The van der Waals surface area contributed by atoms with Crippen molar-refractivity contribution in [2.75, 3.05) is 40.5 Å². The lowest BCUT2D eigenvalue weighted by molar-refractivity contribution is -0.140. The molecule has 0 heterocycles. The number of carbonyl (C=O) groups excluding carboxylic acids is 1. The minimum Gasteiger partial charge on any atom is -0.383 e. The minimum absolute atomic E-state index is 0.0492. The van der Waals surface area contributed by atoms with Crippen molar-refractivity contribution in [2.45, 2.75) is 38.1 Å². The Morgan fingerprint density at radius 1 is 1.32 bits per heavy atom. The van der Waals surface area contributed by atoms with E-state index in [0.717, 1.165) is 19.3 Å². The predicted molar refractivity (Wildman–Crippen MR) is 74.9 cm³/mol. The first-order valence-electron chi connectivity index (χ1n) is 7.09. The highest BCUT2D eigenvalue weighted by Crippen LogP contribution is 2.31. The van der Waals surface area contributed by atoms with Gasteiger partial charge in [0.15, 0.2) is 0 Å². The number of ether oxygens (including phenoxy) is 2. The molecule has 112 valence electrons. The molecule has 1 aliphatic rings. The Bertz CT molecular complexity index is 278. The molecule has 0 aromatic carbocycles. The first-order chi connectivity index (χ1) is 9.03. The van der Waals surface area contributed by atoms with Gasteiger partial charge in [0, 0.05) is 27.3 Å². The van der Waals surface area contributed by atoms with Crippen molar-refractivity contribution in [2.24, 2.45) is 11.7 Å². The minimum atomic E-state index is -0.695. The highest BCUT2D eigenvalue weighted by atomic mass is 16.5. The van der Waals surface area contributed by atoms with E-state index in [4.69, 9.17) is 15.2 Å². The molecule has 2 N–H and O–H groups in total. The number of hydrogen-bond acceptors (Lipinski definition) is 4. The summed E-state index contributed by atoms with van der Waals surface area (Å²) >= 11 is 0. The SMILES string of the molecule is COCCN(CCOC)C(=O)C1(N)CCCC(C)C1. The third kappa shape index (κ3) is 4.75. The van der Waals surface area contributed by atoms with Crippen LogP contribution in [-0.2, 0) is 14.3 Å². The molecule has 5 heteroatoms. The van der Waals surface area contributed by atoms with Crippen LogP contribution < -0.4 is 5.73 Å². The van der Waals surface area contributed by atoms with Gasteiger partial charge in [-0.05, 0) is 18.8 Å². The van der Waals surface area contributed by atoms with E-state index in [1.807, 2.05) is 0 Å². The maximum atomic E-state index is 12.7. The summed E-state index contributed by atoms with van der Waals surface area (Å²) in [7, 11) is 3.28. The molecule has 1 saturated carbocycles. The Morgan fingerprint density at radius 3 is 2.37 bits per heavy atom. The summed E-state index contributed by atoms with van der Waals surface area (Å²) in [4.78, 5) is 14.4.